The van der Waals surface area contributed by atoms with Gasteiger partial charge in [-0.15, -0.1) is 0 Å². The molecule has 39 heavy (non-hydrogen) atoms. The molecule has 0 aliphatic heterocycles. The third-order valence-electron chi connectivity index (χ3n) is 6.09. The Labute approximate surface area is 230 Å². The van der Waals surface area contributed by atoms with Crippen molar-refractivity contribution in [3.8, 4) is 0 Å². The standard InChI is InChI=1S/C29H37F3N2O2.C2H4O/c1-6-11-23(28(35)34-25-12-9-8-10-13-25)14-15-27(20(3)4)33-21(5)26(29(30,31)32)18-22(7-2)24-16-17-36-19-24;1-2-3/h7-10,12,16-19,23,25H,6,11,13-15H2,1-5H3,(H,34,35);2H,1H3/b22-7+,26-18+,33-21?;. The molecule has 2 rings (SSSR count). The van der Waals surface area contributed by atoms with Crippen LogP contribution in [0.25, 0.3) is 5.57 Å². The topological polar surface area (TPSA) is 71.7 Å². The zero-order valence-corrected chi connectivity index (χ0v) is 23.8. The summed E-state index contributed by atoms with van der Waals surface area (Å²) >= 11 is 0. The van der Waals surface area contributed by atoms with Crippen molar-refractivity contribution >= 4 is 23.5 Å². The summed E-state index contributed by atoms with van der Waals surface area (Å²) in [6.07, 6.45) is 12.8. The van der Waals surface area contributed by atoms with Crippen molar-refractivity contribution in [1.82, 2.24) is 5.32 Å². The summed E-state index contributed by atoms with van der Waals surface area (Å²) in [4.78, 5) is 26.1. The van der Waals surface area contributed by atoms with Gasteiger partial charge in [0.25, 0.3) is 0 Å². The van der Waals surface area contributed by atoms with E-state index in [1.54, 1.807) is 19.1 Å². The Morgan fingerprint density at radius 3 is 2.38 bits per heavy atom. The maximum atomic E-state index is 14.0. The molecule has 1 aliphatic rings. The number of carbonyl (C=O) groups excluding carboxylic acids is 2. The molecule has 8 heteroatoms. The first-order valence-electron chi connectivity index (χ1n) is 13.2. The van der Waals surface area contributed by atoms with Crippen molar-refractivity contribution in [2.24, 2.45) is 10.9 Å². The van der Waals surface area contributed by atoms with Gasteiger partial charge < -0.3 is 14.5 Å². The summed E-state index contributed by atoms with van der Waals surface area (Å²) in [5.41, 5.74) is 1.44. The molecule has 1 aromatic heterocycles. The monoisotopic (exact) mass is 546 g/mol. The van der Waals surface area contributed by atoms with E-state index in [1.807, 2.05) is 45.1 Å². The first-order chi connectivity index (χ1) is 18.5. The zero-order chi connectivity index (χ0) is 29.4. The lowest BCUT2D eigenvalue weighted by Crippen LogP contribution is -2.38. The van der Waals surface area contributed by atoms with Crippen LogP contribution >= 0.6 is 0 Å². The molecule has 1 aliphatic carbocycles. The predicted octanol–water partition coefficient (Wildman–Crippen LogP) is 8.33. The van der Waals surface area contributed by atoms with Gasteiger partial charge in [0.1, 0.15) is 6.29 Å². The van der Waals surface area contributed by atoms with Crippen LogP contribution in [0.15, 0.2) is 81.3 Å². The van der Waals surface area contributed by atoms with Gasteiger partial charge in [-0.1, -0.05) is 49.3 Å². The summed E-state index contributed by atoms with van der Waals surface area (Å²) < 4.78 is 47.1. The number of furan rings is 1. The van der Waals surface area contributed by atoms with E-state index in [2.05, 4.69) is 10.3 Å². The number of allylic oxidation sites excluding steroid dienone is 8. The second-order valence-electron chi connectivity index (χ2n) is 9.38. The molecule has 0 bridgehead atoms. The van der Waals surface area contributed by atoms with Crippen LogP contribution in [0.4, 0.5) is 13.2 Å². The van der Waals surface area contributed by atoms with E-state index in [9.17, 15) is 18.0 Å². The van der Waals surface area contributed by atoms with Gasteiger partial charge in [-0.2, -0.15) is 13.2 Å². The van der Waals surface area contributed by atoms with E-state index in [4.69, 9.17) is 9.21 Å². The molecule has 0 saturated heterocycles. The highest BCUT2D eigenvalue weighted by Crippen LogP contribution is 2.31. The highest BCUT2D eigenvalue weighted by molar-refractivity contribution is 6.02. The molecule has 0 spiro atoms. The lowest BCUT2D eigenvalue weighted by Gasteiger charge is -2.21. The molecule has 0 radical (unpaired) electrons. The fourth-order valence-corrected chi connectivity index (χ4v) is 4.04. The number of alkyl halides is 3. The smallest absolute Gasteiger partial charge is 0.418 e. The van der Waals surface area contributed by atoms with E-state index in [0.29, 0.717) is 36.1 Å². The normalized spacial score (nSPS) is 16.7. The highest BCUT2D eigenvalue weighted by Gasteiger charge is 2.36. The SMILES string of the molecule is C/C=C(\C=C(/C(C)=NC(CCC(CCC)C(=O)NC1C=CC=CC1)=C(C)C)C(F)(F)F)c1ccoc1.CC=O. The number of halogens is 3. The number of hydrogen-bond acceptors (Lipinski definition) is 4. The Morgan fingerprint density at radius 1 is 1.21 bits per heavy atom. The molecular formula is C31H41F3N2O3. The van der Waals surface area contributed by atoms with Crippen LogP contribution in [0.2, 0.25) is 0 Å². The summed E-state index contributed by atoms with van der Waals surface area (Å²) in [5.74, 6) is -0.253. The van der Waals surface area contributed by atoms with Gasteiger partial charge in [-0.05, 0) is 78.0 Å². The maximum absolute atomic E-state index is 14.0. The largest absolute Gasteiger partial charge is 0.472 e. The van der Waals surface area contributed by atoms with E-state index in [0.717, 1.165) is 30.8 Å². The number of hydrogen-bond donors (Lipinski definition) is 1. The molecule has 2 unspecified atom stereocenters. The molecule has 0 saturated carbocycles. The van der Waals surface area contributed by atoms with Gasteiger partial charge in [0.15, 0.2) is 0 Å². The molecule has 0 fully saturated rings. The van der Waals surface area contributed by atoms with Gasteiger partial charge in [0, 0.05) is 22.9 Å². The van der Waals surface area contributed by atoms with Crippen LogP contribution < -0.4 is 5.32 Å². The van der Waals surface area contributed by atoms with E-state index in [1.165, 1.54) is 26.4 Å². The molecule has 1 heterocycles. The minimum atomic E-state index is -4.58. The maximum Gasteiger partial charge on any atom is 0.418 e. The summed E-state index contributed by atoms with van der Waals surface area (Å²) in [7, 11) is 0. The number of amides is 1. The Kier molecular flexibility index (Phi) is 14.8. The predicted molar refractivity (Wildman–Crippen MR) is 152 cm³/mol. The van der Waals surface area contributed by atoms with Crippen molar-refractivity contribution in [3.63, 3.8) is 0 Å². The first-order valence-corrected chi connectivity index (χ1v) is 13.2. The number of nitrogens with one attached hydrogen (secondary N) is 1. The third-order valence-corrected chi connectivity index (χ3v) is 6.09. The van der Waals surface area contributed by atoms with Gasteiger partial charge in [-0.25, -0.2) is 0 Å². The van der Waals surface area contributed by atoms with Crippen LogP contribution in [-0.2, 0) is 9.59 Å². The Morgan fingerprint density at radius 2 is 1.90 bits per heavy atom. The Balaban J connectivity index is 0.00000242. The molecule has 1 aromatic rings. The average Bonchev–Trinajstić information content (AvgIpc) is 3.41. The van der Waals surface area contributed by atoms with Crippen molar-refractivity contribution in [2.45, 2.75) is 85.9 Å². The molecular weight excluding hydrogens is 505 g/mol. The third kappa shape index (κ3) is 11.9. The van der Waals surface area contributed by atoms with E-state index < -0.39 is 11.7 Å². The summed E-state index contributed by atoms with van der Waals surface area (Å²) in [6.45, 7) is 10.2. The van der Waals surface area contributed by atoms with Gasteiger partial charge in [0.2, 0.25) is 5.91 Å². The van der Waals surface area contributed by atoms with Crippen molar-refractivity contribution in [3.05, 3.63) is 77.5 Å². The minimum absolute atomic E-state index is 0.0238. The molecule has 5 nitrogen and oxygen atoms in total. The Bertz CT molecular complexity index is 1100. The van der Waals surface area contributed by atoms with Crippen LogP contribution in [-0.4, -0.2) is 30.1 Å². The summed E-state index contributed by atoms with van der Waals surface area (Å²) in [5, 5.41) is 3.08. The van der Waals surface area contributed by atoms with Crippen molar-refractivity contribution in [2.75, 3.05) is 0 Å². The molecule has 214 valence electrons. The second kappa shape index (κ2) is 17.2. The molecule has 0 aromatic carbocycles. The lowest BCUT2D eigenvalue weighted by atomic mass is 9.94. The number of aldehydes is 1. The molecule has 1 amide bonds. The number of carbonyl (C=O) groups is 2. The van der Waals surface area contributed by atoms with Crippen molar-refractivity contribution in [1.29, 1.82) is 0 Å². The minimum Gasteiger partial charge on any atom is -0.472 e. The summed E-state index contributed by atoms with van der Waals surface area (Å²) in [6, 6.07) is 1.59. The molecule has 1 N–H and O–H groups in total. The first kappa shape index (κ1) is 33.6. The fraction of sp³-hybridized carbons (Fsp3) is 0.452. The van der Waals surface area contributed by atoms with Crippen LogP contribution in [0.3, 0.4) is 0 Å². The fourth-order valence-electron chi connectivity index (χ4n) is 4.04. The average molecular weight is 547 g/mol. The van der Waals surface area contributed by atoms with Crippen LogP contribution in [0.1, 0.15) is 79.2 Å². The Hall–Kier alpha value is -3.42. The highest BCUT2D eigenvalue weighted by atomic mass is 19.4. The quantitative estimate of drug-likeness (QED) is 0.172. The second-order valence-corrected chi connectivity index (χ2v) is 9.38. The van der Waals surface area contributed by atoms with Crippen LogP contribution in [0.5, 0.6) is 0 Å². The number of nitrogens with zero attached hydrogens (tertiary/aromatic N) is 1. The van der Waals surface area contributed by atoms with Crippen molar-refractivity contribution < 1.29 is 27.2 Å². The van der Waals surface area contributed by atoms with Gasteiger partial charge >= 0.3 is 6.18 Å². The molecule has 2 atom stereocenters. The number of aliphatic imine (C=N–C) groups is 1. The van der Waals surface area contributed by atoms with Gasteiger partial charge in [-0.3, -0.25) is 9.79 Å². The van der Waals surface area contributed by atoms with Gasteiger partial charge in [0.05, 0.1) is 24.1 Å². The lowest BCUT2D eigenvalue weighted by molar-refractivity contribution is -0.125. The number of rotatable bonds is 11. The van der Waals surface area contributed by atoms with Crippen LogP contribution in [0, 0.1) is 5.92 Å². The van der Waals surface area contributed by atoms with E-state index >= 15 is 0 Å². The zero-order valence-electron chi connectivity index (χ0n) is 23.8. The van der Waals surface area contributed by atoms with E-state index in [-0.39, 0.29) is 23.6 Å².